The van der Waals surface area contributed by atoms with Crippen molar-refractivity contribution in [3.63, 3.8) is 0 Å². The third-order valence-corrected chi connectivity index (χ3v) is 4.53. The number of aryl methyl sites for hydroxylation is 1. The van der Waals surface area contributed by atoms with E-state index in [1.165, 1.54) is 12.8 Å². The number of carbonyl (C=O) groups is 1. The minimum Gasteiger partial charge on any atom is -0.392 e. The highest BCUT2D eigenvalue weighted by atomic mass is 16.3. The molecule has 4 heteroatoms. The van der Waals surface area contributed by atoms with Gasteiger partial charge >= 0.3 is 0 Å². The predicted molar refractivity (Wildman–Crippen MR) is 89.9 cm³/mol. The summed E-state index contributed by atoms with van der Waals surface area (Å²) in [4.78, 5) is 12.1. The van der Waals surface area contributed by atoms with Gasteiger partial charge in [0.15, 0.2) is 0 Å². The van der Waals surface area contributed by atoms with Crippen LogP contribution < -0.4 is 10.6 Å². The Bertz CT molecular complexity index is 484. The molecule has 0 saturated heterocycles. The molecule has 1 fully saturated rings. The Morgan fingerprint density at radius 3 is 2.68 bits per heavy atom. The normalized spacial score (nSPS) is 18.1. The summed E-state index contributed by atoms with van der Waals surface area (Å²) in [5.41, 5.74) is 1.93. The largest absolute Gasteiger partial charge is 0.392 e. The Hall–Kier alpha value is -1.39. The van der Waals surface area contributed by atoms with E-state index in [-0.39, 0.29) is 18.1 Å². The monoisotopic (exact) mass is 304 g/mol. The zero-order valence-corrected chi connectivity index (χ0v) is 13.6. The zero-order chi connectivity index (χ0) is 15.9. The molecule has 1 aromatic carbocycles. The zero-order valence-electron chi connectivity index (χ0n) is 13.6. The molecule has 3 N–H and O–H groups in total. The molecule has 2 rings (SSSR count). The van der Waals surface area contributed by atoms with E-state index in [4.69, 9.17) is 0 Å². The maximum absolute atomic E-state index is 12.1. The molecule has 1 aromatic rings. The Labute approximate surface area is 133 Å². The summed E-state index contributed by atoms with van der Waals surface area (Å²) in [6.07, 6.45) is 4.85. The van der Waals surface area contributed by atoms with E-state index in [9.17, 15) is 9.90 Å². The third-order valence-electron chi connectivity index (χ3n) is 4.53. The average molecular weight is 304 g/mol. The highest BCUT2D eigenvalue weighted by Crippen LogP contribution is 2.27. The summed E-state index contributed by atoms with van der Waals surface area (Å²) in [6.45, 7) is 4.54. The number of aliphatic hydroxyl groups excluding tert-OH is 1. The molecule has 1 amide bonds. The van der Waals surface area contributed by atoms with Crippen molar-refractivity contribution in [3.8, 4) is 0 Å². The van der Waals surface area contributed by atoms with E-state index in [1.807, 2.05) is 38.1 Å². The van der Waals surface area contributed by atoms with Crippen LogP contribution in [0, 0.1) is 12.8 Å². The second-order valence-corrected chi connectivity index (χ2v) is 6.49. The van der Waals surface area contributed by atoms with E-state index in [2.05, 4.69) is 10.6 Å². The molecule has 0 aliphatic heterocycles. The molecule has 122 valence electrons. The van der Waals surface area contributed by atoms with Crippen molar-refractivity contribution < 1.29 is 9.90 Å². The van der Waals surface area contributed by atoms with Crippen LogP contribution in [-0.2, 0) is 4.79 Å². The standard InChI is InChI=1S/C18H28N2O2/c1-13-7-3-6-10-16(13)20-18(22)11-14(2)19-12-17(21)15-8-4-5-9-15/h3,6-7,10,14-15,17,19,21H,4-5,8-9,11-12H2,1-2H3,(H,20,22). The molecular formula is C18H28N2O2. The molecule has 1 saturated carbocycles. The molecule has 1 aliphatic carbocycles. The maximum atomic E-state index is 12.1. The van der Waals surface area contributed by atoms with Crippen LogP contribution in [0.3, 0.4) is 0 Å². The van der Waals surface area contributed by atoms with E-state index in [0.29, 0.717) is 18.9 Å². The summed E-state index contributed by atoms with van der Waals surface area (Å²) >= 11 is 0. The van der Waals surface area contributed by atoms with Crippen molar-refractivity contribution in [2.75, 3.05) is 11.9 Å². The van der Waals surface area contributed by atoms with Crippen molar-refractivity contribution in [2.24, 2.45) is 5.92 Å². The molecule has 2 atom stereocenters. The maximum Gasteiger partial charge on any atom is 0.225 e. The Kier molecular flexibility index (Phi) is 6.40. The number of nitrogens with one attached hydrogen (secondary N) is 2. The number of benzene rings is 1. The number of hydrogen-bond acceptors (Lipinski definition) is 3. The van der Waals surface area contributed by atoms with Crippen LogP contribution in [0.1, 0.15) is 44.6 Å². The summed E-state index contributed by atoms with van der Waals surface area (Å²) in [7, 11) is 0. The minimum absolute atomic E-state index is 0.00431. The van der Waals surface area contributed by atoms with Gasteiger partial charge in [0.05, 0.1) is 6.10 Å². The Morgan fingerprint density at radius 1 is 1.32 bits per heavy atom. The summed E-state index contributed by atoms with van der Waals surface area (Å²) in [5.74, 6) is 0.435. The second kappa shape index (κ2) is 8.30. The number of amides is 1. The number of hydrogen-bond donors (Lipinski definition) is 3. The van der Waals surface area contributed by atoms with Crippen LogP contribution in [0.4, 0.5) is 5.69 Å². The van der Waals surface area contributed by atoms with Gasteiger partial charge in [0.2, 0.25) is 5.91 Å². The van der Waals surface area contributed by atoms with Crippen LogP contribution in [0.25, 0.3) is 0 Å². The highest BCUT2D eigenvalue weighted by Gasteiger charge is 2.23. The third kappa shape index (κ3) is 5.11. The van der Waals surface area contributed by atoms with Gasteiger partial charge in [-0.2, -0.15) is 0 Å². The number of anilines is 1. The first-order chi connectivity index (χ1) is 10.6. The first-order valence-electron chi connectivity index (χ1n) is 8.33. The van der Waals surface area contributed by atoms with E-state index in [1.54, 1.807) is 0 Å². The van der Waals surface area contributed by atoms with Gasteiger partial charge in [-0.15, -0.1) is 0 Å². The lowest BCUT2D eigenvalue weighted by atomic mass is 10.0. The van der Waals surface area contributed by atoms with Crippen LogP contribution in [0.5, 0.6) is 0 Å². The fraction of sp³-hybridized carbons (Fsp3) is 0.611. The van der Waals surface area contributed by atoms with E-state index >= 15 is 0 Å². The summed E-state index contributed by atoms with van der Waals surface area (Å²) in [6, 6.07) is 7.83. The first-order valence-corrected chi connectivity index (χ1v) is 8.33. The van der Waals surface area contributed by atoms with Gasteiger partial charge in [-0.25, -0.2) is 0 Å². The van der Waals surface area contributed by atoms with Gasteiger partial charge in [0.1, 0.15) is 0 Å². The molecule has 0 bridgehead atoms. The summed E-state index contributed by atoms with van der Waals surface area (Å²) in [5, 5.41) is 16.4. The molecule has 22 heavy (non-hydrogen) atoms. The van der Waals surface area contributed by atoms with Gasteiger partial charge in [-0.1, -0.05) is 31.0 Å². The van der Waals surface area contributed by atoms with Crippen LogP contribution in [-0.4, -0.2) is 29.7 Å². The predicted octanol–water partition coefficient (Wildman–Crippen LogP) is 2.85. The van der Waals surface area contributed by atoms with Crippen LogP contribution in [0.2, 0.25) is 0 Å². The van der Waals surface area contributed by atoms with Gasteiger partial charge in [0, 0.05) is 24.7 Å². The van der Waals surface area contributed by atoms with Gasteiger partial charge in [-0.3, -0.25) is 4.79 Å². The van der Waals surface area contributed by atoms with E-state index < -0.39 is 0 Å². The van der Waals surface area contributed by atoms with Crippen LogP contribution >= 0.6 is 0 Å². The van der Waals surface area contributed by atoms with Gasteiger partial charge in [0.25, 0.3) is 0 Å². The van der Waals surface area contributed by atoms with Crippen molar-refractivity contribution in [1.29, 1.82) is 0 Å². The smallest absolute Gasteiger partial charge is 0.225 e. The number of aliphatic hydroxyl groups is 1. The second-order valence-electron chi connectivity index (χ2n) is 6.49. The lowest BCUT2D eigenvalue weighted by molar-refractivity contribution is -0.116. The van der Waals surface area contributed by atoms with Crippen molar-refractivity contribution >= 4 is 11.6 Å². The number of rotatable bonds is 7. The van der Waals surface area contributed by atoms with E-state index in [0.717, 1.165) is 24.1 Å². The fourth-order valence-electron chi connectivity index (χ4n) is 3.10. The SMILES string of the molecule is Cc1ccccc1NC(=O)CC(C)NCC(O)C1CCCC1. The molecule has 1 aliphatic rings. The molecule has 0 radical (unpaired) electrons. The molecule has 0 heterocycles. The fourth-order valence-corrected chi connectivity index (χ4v) is 3.10. The van der Waals surface area contributed by atoms with Crippen molar-refractivity contribution in [2.45, 2.75) is 58.1 Å². The lowest BCUT2D eigenvalue weighted by Gasteiger charge is -2.21. The van der Waals surface area contributed by atoms with Gasteiger partial charge < -0.3 is 15.7 Å². The lowest BCUT2D eigenvalue weighted by Crippen LogP contribution is -2.38. The summed E-state index contributed by atoms with van der Waals surface area (Å²) < 4.78 is 0. The molecule has 2 unspecified atom stereocenters. The van der Waals surface area contributed by atoms with Gasteiger partial charge in [-0.05, 0) is 44.2 Å². The molecule has 4 nitrogen and oxygen atoms in total. The minimum atomic E-state index is -0.288. The number of para-hydroxylation sites is 1. The first kappa shape index (κ1) is 17.0. The Morgan fingerprint density at radius 2 is 2.00 bits per heavy atom. The van der Waals surface area contributed by atoms with Crippen molar-refractivity contribution in [3.05, 3.63) is 29.8 Å². The quantitative estimate of drug-likeness (QED) is 0.726. The average Bonchev–Trinajstić information content (AvgIpc) is 3.01. The topological polar surface area (TPSA) is 61.4 Å². The van der Waals surface area contributed by atoms with Crippen molar-refractivity contribution in [1.82, 2.24) is 5.32 Å². The van der Waals surface area contributed by atoms with Crippen LogP contribution in [0.15, 0.2) is 24.3 Å². The molecule has 0 spiro atoms. The molecule has 0 aromatic heterocycles. The number of carbonyl (C=O) groups excluding carboxylic acids is 1. The highest BCUT2D eigenvalue weighted by molar-refractivity contribution is 5.91. The Balaban J connectivity index is 1.71. The molecular weight excluding hydrogens is 276 g/mol.